The Morgan fingerprint density at radius 1 is 1.33 bits per heavy atom. The van der Waals surface area contributed by atoms with Gasteiger partial charge in [0, 0.05) is 12.6 Å². The number of hydrogen-bond donors (Lipinski definition) is 1. The van der Waals surface area contributed by atoms with Crippen molar-refractivity contribution in [3.63, 3.8) is 0 Å². The van der Waals surface area contributed by atoms with Crippen LogP contribution in [0.2, 0.25) is 0 Å². The Labute approximate surface area is 109 Å². The van der Waals surface area contributed by atoms with E-state index in [1.165, 1.54) is 0 Å². The van der Waals surface area contributed by atoms with E-state index in [0.29, 0.717) is 13.2 Å². The molecular formula is C15H21NO2. The SMILES string of the molecule is C/C(=C\C(=O)NCCOC(C)C)c1ccccc1. The van der Waals surface area contributed by atoms with Gasteiger partial charge in [-0.3, -0.25) is 4.79 Å². The van der Waals surface area contributed by atoms with Crippen molar-refractivity contribution >= 4 is 11.5 Å². The van der Waals surface area contributed by atoms with Crippen molar-refractivity contribution < 1.29 is 9.53 Å². The molecule has 1 N–H and O–H groups in total. The summed E-state index contributed by atoms with van der Waals surface area (Å²) >= 11 is 0. The number of carbonyl (C=O) groups excluding carboxylic acids is 1. The molecule has 0 aromatic heterocycles. The van der Waals surface area contributed by atoms with Crippen molar-refractivity contribution in [2.24, 2.45) is 0 Å². The summed E-state index contributed by atoms with van der Waals surface area (Å²) in [6.07, 6.45) is 1.81. The maximum absolute atomic E-state index is 11.6. The maximum Gasteiger partial charge on any atom is 0.244 e. The summed E-state index contributed by atoms with van der Waals surface area (Å²) in [5, 5.41) is 2.80. The molecule has 0 aliphatic carbocycles. The van der Waals surface area contributed by atoms with Gasteiger partial charge in [0.2, 0.25) is 5.91 Å². The molecule has 3 nitrogen and oxygen atoms in total. The van der Waals surface area contributed by atoms with E-state index >= 15 is 0 Å². The van der Waals surface area contributed by atoms with Crippen molar-refractivity contribution in [3.8, 4) is 0 Å². The van der Waals surface area contributed by atoms with E-state index in [4.69, 9.17) is 4.74 Å². The third kappa shape index (κ3) is 5.64. The number of allylic oxidation sites excluding steroid dienone is 1. The second-order valence-electron chi connectivity index (χ2n) is 4.40. The third-order valence-electron chi connectivity index (χ3n) is 2.43. The van der Waals surface area contributed by atoms with Crippen LogP contribution in [-0.4, -0.2) is 25.2 Å². The van der Waals surface area contributed by atoms with E-state index in [2.05, 4.69) is 5.32 Å². The predicted molar refractivity (Wildman–Crippen MR) is 74.2 cm³/mol. The maximum atomic E-state index is 11.6. The first-order chi connectivity index (χ1) is 8.59. The second kappa shape index (κ2) is 7.67. The fourth-order valence-corrected chi connectivity index (χ4v) is 1.50. The van der Waals surface area contributed by atoms with Crippen LogP contribution in [0.15, 0.2) is 36.4 Å². The molecule has 0 saturated heterocycles. The van der Waals surface area contributed by atoms with Crippen molar-refractivity contribution in [3.05, 3.63) is 42.0 Å². The Hall–Kier alpha value is -1.61. The molecule has 0 aliphatic heterocycles. The van der Waals surface area contributed by atoms with Gasteiger partial charge in [0.15, 0.2) is 0 Å². The summed E-state index contributed by atoms with van der Waals surface area (Å²) in [5.41, 5.74) is 2.02. The van der Waals surface area contributed by atoms with E-state index < -0.39 is 0 Å². The summed E-state index contributed by atoms with van der Waals surface area (Å²) in [6, 6.07) is 9.85. The lowest BCUT2D eigenvalue weighted by Gasteiger charge is -2.07. The minimum atomic E-state index is -0.0799. The zero-order valence-corrected chi connectivity index (χ0v) is 11.3. The molecule has 1 aromatic rings. The zero-order valence-electron chi connectivity index (χ0n) is 11.3. The van der Waals surface area contributed by atoms with Crippen molar-refractivity contribution in [1.82, 2.24) is 5.32 Å². The van der Waals surface area contributed by atoms with E-state index in [1.807, 2.05) is 51.1 Å². The van der Waals surface area contributed by atoms with Crippen molar-refractivity contribution in [2.75, 3.05) is 13.2 Å². The molecule has 0 heterocycles. The van der Waals surface area contributed by atoms with Crippen LogP contribution in [0.4, 0.5) is 0 Å². The van der Waals surface area contributed by atoms with Gasteiger partial charge in [-0.05, 0) is 31.9 Å². The first-order valence-corrected chi connectivity index (χ1v) is 6.22. The highest BCUT2D eigenvalue weighted by Crippen LogP contribution is 2.11. The smallest absolute Gasteiger partial charge is 0.244 e. The lowest BCUT2D eigenvalue weighted by molar-refractivity contribution is -0.116. The number of carbonyl (C=O) groups is 1. The highest BCUT2D eigenvalue weighted by Gasteiger charge is 2.00. The first kappa shape index (κ1) is 14.5. The largest absolute Gasteiger partial charge is 0.377 e. The van der Waals surface area contributed by atoms with Crippen LogP contribution in [0, 0.1) is 0 Å². The number of nitrogens with one attached hydrogen (secondary N) is 1. The molecule has 0 unspecified atom stereocenters. The monoisotopic (exact) mass is 247 g/mol. The molecule has 98 valence electrons. The predicted octanol–water partition coefficient (Wildman–Crippen LogP) is 2.63. The summed E-state index contributed by atoms with van der Waals surface area (Å²) in [5.74, 6) is -0.0799. The zero-order chi connectivity index (χ0) is 13.4. The summed E-state index contributed by atoms with van der Waals surface area (Å²) < 4.78 is 5.35. The molecule has 0 atom stereocenters. The minimum absolute atomic E-state index is 0.0799. The van der Waals surface area contributed by atoms with E-state index in [0.717, 1.165) is 11.1 Å². The van der Waals surface area contributed by atoms with Gasteiger partial charge in [0.25, 0.3) is 0 Å². The third-order valence-corrected chi connectivity index (χ3v) is 2.43. The number of hydrogen-bond acceptors (Lipinski definition) is 2. The van der Waals surface area contributed by atoms with Crippen LogP contribution in [0.1, 0.15) is 26.3 Å². The molecule has 0 fully saturated rings. The topological polar surface area (TPSA) is 38.3 Å². The van der Waals surface area contributed by atoms with E-state index in [-0.39, 0.29) is 12.0 Å². The highest BCUT2D eigenvalue weighted by molar-refractivity contribution is 5.94. The molecule has 1 rings (SSSR count). The summed E-state index contributed by atoms with van der Waals surface area (Å²) in [4.78, 5) is 11.6. The van der Waals surface area contributed by atoms with E-state index in [1.54, 1.807) is 6.08 Å². The summed E-state index contributed by atoms with van der Waals surface area (Å²) in [7, 11) is 0. The second-order valence-corrected chi connectivity index (χ2v) is 4.40. The number of benzene rings is 1. The van der Waals surface area contributed by atoms with Crippen molar-refractivity contribution in [1.29, 1.82) is 0 Å². The van der Waals surface area contributed by atoms with Gasteiger partial charge in [-0.15, -0.1) is 0 Å². The van der Waals surface area contributed by atoms with Gasteiger partial charge >= 0.3 is 0 Å². The van der Waals surface area contributed by atoms with Gasteiger partial charge in [-0.1, -0.05) is 30.3 Å². The molecule has 0 spiro atoms. The number of ether oxygens (including phenoxy) is 1. The normalized spacial score (nSPS) is 11.7. The molecular weight excluding hydrogens is 226 g/mol. The average Bonchev–Trinajstić information content (AvgIpc) is 2.35. The Morgan fingerprint density at radius 3 is 2.61 bits per heavy atom. The van der Waals surface area contributed by atoms with Crippen LogP contribution in [0.25, 0.3) is 5.57 Å². The van der Waals surface area contributed by atoms with Gasteiger partial charge in [0.1, 0.15) is 0 Å². The Balaban J connectivity index is 2.39. The summed E-state index contributed by atoms with van der Waals surface area (Å²) in [6.45, 7) is 6.96. The van der Waals surface area contributed by atoms with Crippen LogP contribution >= 0.6 is 0 Å². The lowest BCUT2D eigenvalue weighted by Crippen LogP contribution is -2.26. The van der Waals surface area contributed by atoms with Crippen molar-refractivity contribution in [2.45, 2.75) is 26.9 Å². The quantitative estimate of drug-likeness (QED) is 0.620. The molecule has 18 heavy (non-hydrogen) atoms. The Bertz CT molecular complexity index is 396. The van der Waals surface area contributed by atoms with Crippen LogP contribution < -0.4 is 5.32 Å². The minimum Gasteiger partial charge on any atom is -0.377 e. The fraction of sp³-hybridized carbons (Fsp3) is 0.400. The number of amides is 1. The highest BCUT2D eigenvalue weighted by atomic mass is 16.5. The van der Waals surface area contributed by atoms with Gasteiger partial charge < -0.3 is 10.1 Å². The molecule has 0 aliphatic rings. The lowest BCUT2D eigenvalue weighted by atomic mass is 10.1. The Kier molecular flexibility index (Phi) is 6.15. The van der Waals surface area contributed by atoms with Crippen LogP contribution in [-0.2, 0) is 9.53 Å². The average molecular weight is 247 g/mol. The molecule has 3 heteroatoms. The van der Waals surface area contributed by atoms with Gasteiger partial charge in [-0.2, -0.15) is 0 Å². The van der Waals surface area contributed by atoms with Crippen LogP contribution in [0.3, 0.4) is 0 Å². The first-order valence-electron chi connectivity index (χ1n) is 6.22. The standard InChI is InChI=1S/C15H21NO2/c1-12(2)18-10-9-16-15(17)11-13(3)14-7-5-4-6-8-14/h4-8,11-12H,9-10H2,1-3H3,(H,16,17)/b13-11+. The molecule has 0 saturated carbocycles. The van der Waals surface area contributed by atoms with Gasteiger partial charge in [-0.25, -0.2) is 0 Å². The molecule has 1 aromatic carbocycles. The molecule has 1 amide bonds. The molecule has 0 bridgehead atoms. The number of rotatable bonds is 6. The van der Waals surface area contributed by atoms with Crippen LogP contribution in [0.5, 0.6) is 0 Å². The van der Waals surface area contributed by atoms with E-state index in [9.17, 15) is 4.79 Å². The Morgan fingerprint density at radius 2 is 2.00 bits per heavy atom. The molecule has 0 radical (unpaired) electrons. The fourth-order valence-electron chi connectivity index (χ4n) is 1.50. The van der Waals surface area contributed by atoms with Gasteiger partial charge in [0.05, 0.1) is 12.7 Å².